The average molecular weight is 278 g/mol. The maximum atomic E-state index is 13.3. The second kappa shape index (κ2) is 5.17. The third-order valence-corrected chi connectivity index (χ3v) is 4.75. The van der Waals surface area contributed by atoms with Crippen LogP contribution in [0.1, 0.15) is 30.4 Å². The Kier molecular flexibility index (Phi) is 3.54. The van der Waals surface area contributed by atoms with Crippen LogP contribution in [0.3, 0.4) is 0 Å². The lowest BCUT2D eigenvalue weighted by molar-refractivity contribution is 0.303. The van der Waals surface area contributed by atoms with Crippen molar-refractivity contribution in [2.45, 2.75) is 25.8 Å². The van der Waals surface area contributed by atoms with Gasteiger partial charge < -0.3 is 5.73 Å². The molecule has 1 heterocycles. The summed E-state index contributed by atoms with van der Waals surface area (Å²) in [5, 5.41) is 0. The van der Waals surface area contributed by atoms with E-state index in [-0.39, 0.29) is 10.8 Å². The second-order valence-corrected chi connectivity index (χ2v) is 6.25. The zero-order valence-electron chi connectivity index (χ0n) is 10.9. The highest BCUT2D eigenvalue weighted by Gasteiger charge is 2.35. The summed E-state index contributed by atoms with van der Waals surface area (Å²) in [4.78, 5) is 2.75. The molecule has 1 aliphatic carbocycles. The van der Waals surface area contributed by atoms with E-state index in [0.717, 1.165) is 23.9 Å². The number of rotatable bonds is 3. The predicted molar refractivity (Wildman–Crippen MR) is 78.4 cm³/mol. The van der Waals surface area contributed by atoms with Crippen molar-refractivity contribution in [1.29, 1.82) is 0 Å². The molecule has 1 aromatic rings. The Bertz CT molecular complexity index is 491. The van der Waals surface area contributed by atoms with Gasteiger partial charge in [0.15, 0.2) is 0 Å². The summed E-state index contributed by atoms with van der Waals surface area (Å²) in [5.41, 5.74) is 7.43. The molecule has 1 saturated heterocycles. The summed E-state index contributed by atoms with van der Waals surface area (Å²) in [6, 6.07) is 4.76. The molecule has 0 bridgehead atoms. The highest BCUT2D eigenvalue weighted by molar-refractivity contribution is 7.80. The number of nitrogens with zero attached hydrogens (tertiary/aromatic N) is 1. The lowest BCUT2D eigenvalue weighted by Gasteiger charge is -2.18. The number of hydrogen-bond donors (Lipinski definition) is 1. The molecule has 2 nitrogen and oxygen atoms in total. The van der Waals surface area contributed by atoms with Gasteiger partial charge in [-0.25, -0.2) is 4.39 Å². The third kappa shape index (κ3) is 2.65. The van der Waals surface area contributed by atoms with Crippen molar-refractivity contribution in [2.24, 2.45) is 17.6 Å². The normalized spacial score (nSPS) is 26.6. The lowest BCUT2D eigenvalue weighted by Crippen LogP contribution is -2.23. The fourth-order valence-corrected chi connectivity index (χ4v) is 3.81. The van der Waals surface area contributed by atoms with E-state index in [2.05, 4.69) is 4.90 Å². The Morgan fingerprint density at radius 1 is 1.32 bits per heavy atom. The molecule has 102 valence electrons. The molecule has 1 aromatic carbocycles. The molecule has 3 rings (SSSR count). The summed E-state index contributed by atoms with van der Waals surface area (Å²) in [6.07, 6.45) is 4.12. The predicted octanol–water partition coefficient (Wildman–Crippen LogP) is 2.69. The molecule has 2 aliphatic rings. The van der Waals surface area contributed by atoms with Crippen molar-refractivity contribution in [2.75, 3.05) is 13.1 Å². The zero-order chi connectivity index (χ0) is 13.4. The molecule has 0 spiro atoms. The fraction of sp³-hybridized carbons (Fsp3) is 0.533. The summed E-state index contributed by atoms with van der Waals surface area (Å²) in [7, 11) is 0. The molecule has 1 aliphatic heterocycles. The average Bonchev–Trinajstić information content (AvgIpc) is 2.91. The Hall–Kier alpha value is -1.00. The van der Waals surface area contributed by atoms with Gasteiger partial charge in [-0.05, 0) is 42.4 Å². The van der Waals surface area contributed by atoms with Crippen LogP contribution in [0.25, 0.3) is 0 Å². The topological polar surface area (TPSA) is 29.3 Å². The van der Waals surface area contributed by atoms with Gasteiger partial charge >= 0.3 is 0 Å². The van der Waals surface area contributed by atoms with E-state index in [9.17, 15) is 4.39 Å². The van der Waals surface area contributed by atoms with Crippen molar-refractivity contribution in [1.82, 2.24) is 4.90 Å². The number of benzene rings is 1. The highest BCUT2D eigenvalue weighted by atomic mass is 32.1. The SMILES string of the molecule is NC(=S)c1cc(F)ccc1CN1CC2CCCC2C1. The fourth-order valence-electron chi connectivity index (χ4n) is 3.62. The minimum atomic E-state index is -0.273. The van der Waals surface area contributed by atoms with Crippen molar-refractivity contribution >= 4 is 17.2 Å². The van der Waals surface area contributed by atoms with E-state index in [4.69, 9.17) is 18.0 Å². The number of likely N-dealkylation sites (tertiary alicyclic amines) is 1. The number of fused-ring (bicyclic) bond motifs is 1. The largest absolute Gasteiger partial charge is 0.389 e. The molecule has 2 fully saturated rings. The van der Waals surface area contributed by atoms with Gasteiger partial charge in [0.2, 0.25) is 0 Å². The molecule has 0 radical (unpaired) electrons. The molecule has 4 heteroatoms. The Morgan fingerprint density at radius 2 is 2.00 bits per heavy atom. The molecule has 2 N–H and O–H groups in total. The van der Waals surface area contributed by atoms with Crippen LogP contribution >= 0.6 is 12.2 Å². The van der Waals surface area contributed by atoms with E-state index in [1.807, 2.05) is 6.07 Å². The van der Waals surface area contributed by atoms with E-state index in [0.29, 0.717) is 5.56 Å². The standard InChI is InChI=1S/C15H19FN2S/c16-13-5-4-12(14(6-13)15(17)19)9-18-7-10-2-1-3-11(10)8-18/h4-6,10-11H,1-3,7-9H2,(H2,17,19). The molecular formula is C15H19FN2S. The summed E-state index contributed by atoms with van der Waals surface area (Å²) in [5.74, 6) is 1.47. The molecule has 0 aromatic heterocycles. The Labute approximate surface area is 118 Å². The minimum Gasteiger partial charge on any atom is -0.389 e. The maximum absolute atomic E-state index is 13.3. The van der Waals surface area contributed by atoms with E-state index in [1.165, 1.54) is 44.5 Å². The first-order chi connectivity index (χ1) is 9.13. The van der Waals surface area contributed by atoms with Gasteiger partial charge in [-0.15, -0.1) is 0 Å². The number of halogens is 1. The number of nitrogens with two attached hydrogens (primary N) is 1. The van der Waals surface area contributed by atoms with Gasteiger partial charge in [-0.3, -0.25) is 4.90 Å². The zero-order valence-corrected chi connectivity index (χ0v) is 11.8. The molecular weight excluding hydrogens is 259 g/mol. The van der Waals surface area contributed by atoms with Gasteiger partial charge in [0, 0.05) is 25.2 Å². The first-order valence-electron chi connectivity index (χ1n) is 6.94. The Morgan fingerprint density at radius 3 is 2.63 bits per heavy atom. The molecule has 19 heavy (non-hydrogen) atoms. The van der Waals surface area contributed by atoms with Gasteiger partial charge in [0.1, 0.15) is 10.8 Å². The lowest BCUT2D eigenvalue weighted by atomic mass is 10.0. The van der Waals surface area contributed by atoms with Crippen LogP contribution in [0.15, 0.2) is 18.2 Å². The highest BCUT2D eigenvalue weighted by Crippen LogP contribution is 2.38. The first kappa shape index (κ1) is 13.0. The van der Waals surface area contributed by atoms with Crippen molar-refractivity contribution in [3.05, 3.63) is 35.1 Å². The summed E-state index contributed by atoms with van der Waals surface area (Å²) in [6.45, 7) is 3.16. The van der Waals surface area contributed by atoms with Crippen LogP contribution in [0, 0.1) is 17.7 Å². The molecule has 2 atom stereocenters. The van der Waals surface area contributed by atoms with E-state index >= 15 is 0 Å². The molecule has 1 saturated carbocycles. The van der Waals surface area contributed by atoms with Crippen molar-refractivity contribution in [3.63, 3.8) is 0 Å². The van der Waals surface area contributed by atoms with Crippen LogP contribution < -0.4 is 5.73 Å². The maximum Gasteiger partial charge on any atom is 0.123 e. The van der Waals surface area contributed by atoms with Gasteiger partial charge in [0.25, 0.3) is 0 Å². The number of thiocarbonyl (C=S) groups is 1. The van der Waals surface area contributed by atoms with Crippen LogP contribution in [-0.4, -0.2) is 23.0 Å². The van der Waals surface area contributed by atoms with E-state index in [1.54, 1.807) is 0 Å². The smallest absolute Gasteiger partial charge is 0.123 e. The van der Waals surface area contributed by atoms with Crippen LogP contribution in [-0.2, 0) is 6.54 Å². The second-order valence-electron chi connectivity index (χ2n) is 5.81. The van der Waals surface area contributed by atoms with Gasteiger partial charge in [0.05, 0.1) is 0 Å². The van der Waals surface area contributed by atoms with Gasteiger partial charge in [-0.2, -0.15) is 0 Å². The summed E-state index contributed by atoms with van der Waals surface area (Å²) >= 11 is 5.02. The van der Waals surface area contributed by atoms with Crippen molar-refractivity contribution < 1.29 is 4.39 Å². The van der Waals surface area contributed by atoms with Crippen LogP contribution in [0.5, 0.6) is 0 Å². The molecule has 0 amide bonds. The summed E-state index contributed by atoms with van der Waals surface area (Å²) < 4.78 is 13.3. The van der Waals surface area contributed by atoms with Crippen LogP contribution in [0.2, 0.25) is 0 Å². The Balaban J connectivity index is 1.75. The van der Waals surface area contributed by atoms with Gasteiger partial charge in [-0.1, -0.05) is 24.7 Å². The molecule has 2 unspecified atom stereocenters. The number of hydrogen-bond acceptors (Lipinski definition) is 2. The monoisotopic (exact) mass is 278 g/mol. The van der Waals surface area contributed by atoms with Crippen LogP contribution in [0.4, 0.5) is 4.39 Å². The van der Waals surface area contributed by atoms with Crippen molar-refractivity contribution in [3.8, 4) is 0 Å². The van der Waals surface area contributed by atoms with E-state index < -0.39 is 0 Å². The first-order valence-corrected chi connectivity index (χ1v) is 7.35. The third-order valence-electron chi connectivity index (χ3n) is 4.53. The minimum absolute atomic E-state index is 0.273. The quantitative estimate of drug-likeness (QED) is 0.862.